The number of carbonyl (C=O) groups excluding carboxylic acids is 1. The minimum Gasteiger partial charge on any atom is -0.366 e. The number of hydrogen-bond donors (Lipinski definition) is 1. The molecule has 0 radical (unpaired) electrons. The van der Waals surface area contributed by atoms with Gasteiger partial charge < -0.3 is 5.73 Å². The van der Waals surface area contributed by atoms with Crippen LogP contribution in [0.15, 0.2) is 53.4 Å². The van der Waals surface area contributed by atoms with Crippen molar-refractivity contribution in [3.8, 4) is 0 Å². The van der Waals surface area contributed by atoms with Crippen LogP contribution >= 0.6 is 11.8 Å². The first-order valence-corrected chi connectivity index (χ1v) is 6.41. The first-order chi connectivity index (χ1) is 8.65. The summed E-state index contributed by atoms with van der Waals surface area (Å²) in [5, 5.41) is 0. The largest absolute Gasteiger partial charge is 0.366 e. The van der Waals surface area contributed by atoms with Gasteiger partial charge >= 0.3 is 0 Å². The van der Waals surface area contributed by atoms with E-state index in [-0.39, 0.29) is 5.82 Å². The summed E-state index contributed by atoms with van der Waals surface area (Å²) in [7, 11) is 0. The van der Waals surface area contributed by atoms with Crippen molar-refractivity contribution in [3.63, 3.8) is 0 Å². The summed E-state index contributed by atoms with van der Waals surface area (Å²) in [5.74, 6) is 0.114. The van der Waals surface area contributed by atoms with Crippen LogP contribution in [0.4, 0.5) is 4.39 Å². The molecule has 1 amide bonds. The highest BCUT2D eigenvalue weighted by Crippen LogP contribution is 2.22. The van der Waals surface area contributed by atoms with E-state index in [2.05, 4.69) is 0 Å². The molecule has 0 heterocycles. The minimum atomic E-state index is -0.423. The molecule has 0 fully saturated rings. The van der Waals surface area contributed by atoms with Gasteiger partial charge in [-0.2, -0.15) is 0 Å². The molecule has 0 aliphatic heterocycles. The highest BCUT2D eigenvalue weighted by atomic mass is 32.2. The number of benzene rings is 2. The average Bonchev–Trinajstić information content (AvgIpc) is 2.38. The fourth-order valence-electron chi connectivity index (χ4n) is 1.46. The lowest BCUT2D eigenvalue weighted by Gasteiger charge is -2.03. The highest BCUT2D eigenvalue weighted by molar-refractivity contribution is 7.98. The van der Waals surface area contributed by atoms with E-state index in [0.29, 0.717) is 5.56 Å². The van der Waals surface area contributed by atoms with Crippen molar-refractivity contribution in [2.45, 2.75) is 10.6 Å². The number of amides is 1. The topological polar surface area (TPSA) is 43.1 Å². The maximum atomic E-state index is 12.7. The van der Waals surface area contributed by atoms with Crippen LogP contribution in [-0.4, -0.2) is 5.91 Å². The second-order valence-corrected chi connectivity index (χ2v) is 4.85. The summed E-state index contributed by atoms with van der Waals surface area (Å²) in [5.41, 5.74) is 6.76. The van der Waals surface area contributed by atoms with Crippen molar-refractivity contribution >= 4 is 17.7 Å². The molecular formula is C14H12FNOS. The van der Waals surface area contributed by atoms with Crippen molar-refractivity contribution in [2.24, 2.45) is 5.73 Å². The molecule has 2 nitrogen and oxygen atoms in total. The van der Waals surface area contributed by atoms with Crippen LogP contribution in [0.1, 0.15) is 15.9 Å². The highest BCUT2D eigenvalue weighted by Gasteiger charge is 2.01. The molecular weight excluding hydrogens is 249 g/mol. The van der Waals surface area contributed by atoms with Crippen LogP contribution in [0.3, 0.4) is 0 Å². The molecule has 0 saturated heterocycles. The summed E-state index contributed by atoms with van der Waals surface area (Å²) >= 11 is 1.61. The third-order valence-electron chi connectivity index (χ3n) is 2.46. The smallest absolute Gasteiger partial charge is 0.248 e. The van der Waals surface area contributed by atoms with Gasteiger partial charge in [0.15, 0.2) is 0 Å². The second-order valence-electron chi connectivity index (χ2n) is 3.80. The van der Waals surface area contributed by atoms with Gasteiger partial charge in [-0.1, -0.05) is 12.1 Å². The molecule has 92 valence electrons. The van der Waals surface area contributed by atoms with E-state index in [1.54, 1.807) is 36.0 Å². The van der Waals surface area contributed by atoms with E-state index in [9.17, 15) is 9.18 Å². The summed E-state index contributed by atoms with van der Waals surface area (Å²) < 4.78 is 12.7. The number of rotatable bonds is 4. The summed E-state index contributed by atoms with van der Waals surface area (Å²) in [6.07, 6.45) is 0. The fourth-order valence-corrected chi connectivity index (χ4v) is 2.32. The van der Waals surface area contributed by atoms with Gasteiger partial charge in [0.2, 0.25) is 5.91 Å². The number of carbonyl (C=O) groups is 1. The Labute approximate surface area is 109 Å². The van der Waals surface area contributed by atoms with Gasteiger partial charge in [0.25, 0.3) is 0 Å². The third-order valence-corrected chi connectivity index (χ3v) is 3.54. The minimum absolute atomic E-state index is 0.231. The molecule has 2 N–H and O–H groups in total. The summed E-state index contributed by atoms with van der Waals surface area (Å²) in [6.45, 7) is 0. The van der Waals surface area contributed by atoms with Gasteiger partial charge in [-0.25, -0.2) is 4.39 Å². The number of thioether (sulfide) groups is 1. The first-order valence-electron chi connectivity index (χ1n) is 5.42. The maximum absolute atomic E-state index is 12.7. The number of nitrogens with two attached hydrogens (primary N) is 1. The normalized spacial score (nSPS) is 10.3. The SMILES string of the molecule is NC(=O)c1ccc(CSc2ccc(F)cc2)cc1. The van der Waals surface area contributed by atoms with Gasteiger partial charge in [0.1, 0.15) is 5.82 Å². The quantitative estimate of drug-likeness (QED) is 0.859. The van der Waals surface area contributed by atoms with E-state index >= 15 is 0 Å². The Bertz CT molecular complexity index is 537. The molecule has 0 aliphatic rings. The molecule has 0 unspecified atom stereocenters. The van der Waals surface area contributed by atoms with Crippen LogP contribution < -0.4 is 5.73 Å². The maximum Gasteiger partial charge on any atom is 0.248 e. The van der Waals surface area contributed by atoms with Crippen LogP contribution in [0, 0.1) is 5.82 Å². The second kappa shape index (κ2) is 5.69. The van der Waals surface area contributed by atoms with Gasteiger partial charge in [-0.15, -0.1) is 11.8 Å². The van der Waals surface area contributed by atoms with Crippen LogP contribution in [0.5, 0.6) is 0 Å². The molecule has 0 atom stereocenters. The molecule has 18 heavy (non-hydrogen) atoms. The zero-order valence-electron chi connectivity index (χ0n) is 9.60. The Morgan fingerprint density at radius 3 is 2.22 bits per heavy atom. The van der Waals surface area contributed by atoms with Gasteiger partial charge in [-0.3, -0.25) is 4.79 Å². The number of halogens is 1. The van der Waals surface area contributed by atoms with Crippen molar-refractivity contribution < 1.29 is 9.18 Å². The monoisotopic (exact) mass is 261 g/mol. The predicted octanol–water partition coefficient (Wildman–Crippen LogP) is 3.22. The Morgan fingerprint density at radius 1 is 1.06 bits per heavy atom. The van der Waals surface area contributed by atoms with Gasteiger partial charge in [-0.05, 0) is 42.0 Å². The van der Waals surface area contributed by atoms with Crippen LogP contribution in [0.2, 0.25) is 0 Å². The molecule has 2 rings (SSSR count). The van der Waals surface area contributed by atoms with E-state index in [4.69, 9.17) is 5.73 Å². The number of primary amides is 1. The third kappa shape index (κ3) is 3.34. The zero-order valence-corrected chi connectivity index (χ0v) is 10.4. The zero-order chi connectivity index (χ0) is 13.0. The number of hydrogen-bond acceptors (Lipinski definition) is 2. The average molecular weight is 261 g/mol. The van der Waals surface area contributed by atoms with E-state index in [1.165, 1.54) is 12.1 Å². The predicted molar refractivity (Wildman–Crippen MR) is 70.9 cm³/mol. The Morgan fingerprint density at radius 2 is 1.67 bits per heavy atom. The molecule has 0 bridgehead atoms. The van der Waals surface area contributed by atoms with Gasteiger partial charge in [0, 0.05) is 16.2 Å². The van der Waals surface area contributed by atoms with Crippen molar-refractivity contribution in [1.29, 1.82) is 0 Å². The molecule has 2 aromatic carbocycles. The molecule has 0 aliphatic carbocycles. The molecule has 2 aromatic rings. The lowest BCUT2D eigenvalue weighted by atomic mass is 10.1. The van der Waals surface area contributed by atoms with Crippen molar-refractivity contribution in [3.05, 3.63) is 65.5 Å². The first kappa shape index (κ1) is 12.6. The van der Waals surface area contributed by atoms with E-state index in [1.807, 2.05) is 12.1 Å². The Kier molecular flexibility index (Phi) is 3.99. The van der Waals surface area contributed by atoms with Crippen molar-refractivity contribution in [1.82, 2.24) is 0 Å². The molecule has 0 spiro atoms. The van der Waals surface area contributed by atoms with Crippen LogP contribution in [0.25, 0.3) is 0 Å². The molecule has 4 heteroatoms. The lowest BCUT2D eigenvalue weighted by Crippen LogP contribution is -2.10. The fraction of sp³-hybridized carbons (Fsp3) is 0.0714. The molecule has 0 saturated carbocycles. The lowest BCUT2D eigenvalue weighted by molar-refractivity contribution is 0.100. The summed E-state index contributed by atoms with van der Waals surface area (Å²) in [6, 6.07) is 13.5. The van der Waals surface area contributed by atoms with E-state index < -0.39 is 5.91 Å². The van der Waals surface area contributed by atoms with Gasteiger partial charge in [0.05, 0.1) is 0 Å². The Hall–Kier alpha value is -1.81. The standard InChI is InChI=1S/C14H12FNOS/c15-12-5-7-13(8-6-12)18-9-10-1-3-11(4-2-10)14(16)17/h1-8H,9H2,(H2,16,17). The summed E-state index contributed by atoms with van der Waals surface area (Å²) in [4.78, 5) is 11.9. The van der Waals surface area contributed by atoms with Crippen LogP contribution in [-0.2, 0) is 5.75 Å². The Balaban J connectivity index is 1.97. The van der Waals surface area contributed by atoms with Crippen molar-refractivity contribution in [2.75, 3.05) is 0 Å². The van der Waals surface area contributed by atoms with E-state index in [0.717, 1.165) is 16.2 Å². The molecule has 0 aromatic heterocycles.